The van der Waals surface area contributed by atoms with Crippen LogP contribution in [0.2, 0.25) is 0 Å². The highest BCUT2D eigenvalue weighted by Gasteiger charge is 1.96. The predicted octanol–water partition coefficient (Wildman–Crippen LogP) is 2.41. The third-order valence-electron chi connectivity index (χ3n) is 1.79. The van der Waals surface area contributed by atoms with Crippen LogP contribution in [0.1, 0.15) is 26.2 Å². The topological polar surface area (TPSA) is 83.8 Å². The fourth-order valence-electron chi connectivity index (χ4n) is 0.987. The first-order valence-corrected chi connectivity index (χ1v) is 5.67. The standard InChI is InChI=1S/C9H10O3.C4H8O2/c10-9(11)6-7-12-8-4-2-1-3-5-8;1-2-3-4(5)6/h1-5H,6-7H2,(H,10,11);2-3H2,1H3,(H,5,6). The van der Waals surface area contributed by atoms with Gasteiger partial charge < -0.3 is 14.9 Å². The molecule has 0 aromatic heterocycles. The molecule has 1 aromatic rings. The minimum atomic E-state index is -0.842. The number of hydrogen-bond donors (Lipinski definition) is 2. The van der Waals surface area contributed by atoms with Gasteiger partial charge in [-0.05, 0) is 18.6 Å². The van der Waals surface area contributed by atoms with Gasteiger partial charge in [-0.2, -0.15) is 0 Å². The van der Waals surface area contributed by atoms with Gasteiger partial charge in [-0.25, -0.2) is 0 Å². The number of aliphatic carboxylic acids is 2. The Hall–Kier alpha value is -2.04. The lowest BCUT2D eigenvalue weighted by atomic mass is 10.3. The molecular formula is C13H18O5. The van der Waals surface area contributed by atoms with E-state index in [1.807, 2.05) is 25.1 Å². The Bertz CT molecular complexity index is 348. The molecule has 0 amide bonds. The molecule has 0 atom stereocenters. The van der Waals surface area contributed by atoms with Gasteiger partial charge in [0, 0.05) is 6.42 Å². The van der Waals surface area contributed by atoms with Crippen molar-refractivity contribution in [3.05, 3.63) is 30.3 Å². The molecule has 100 valence electrons. The maximum Gasteiger partial charge on any atom is 0.306 e. The van der Waals surface area contributed by atoms with Crippen molar-refractivity contribution in [2.24, 2.45) is 0 Å². The van der Waals surface area contributed by atoms with Gasteiger partial charge in [0.25, 0.3) is 0 Å². The quantitative estimate of drug-likeness (QED) is 0.814. The number of carboxylic acids is 2. The van der Waals surface area contributed by atoms with E-state index in [4.69, 9.17) is 14.9 Å². The Balaban J connectivity index is 0.000000411. The van der Waals surface area contributed by atoms with Crippen LogP contribution in [0.25, 0.3) is 0 Å². The number of rotatable bonds is 6. The first-order valence-electron chi connectivity index (χ1n) is 5.67. The van der Waals surface area contributed by atoms with Crippen molar-refractivity contribution in [1.82, 2.24) is 0 Å². The molecule has 2 N–H and O–H groups in total. The second-order valence-electron chi connectivity index (χ2n) is 3.45. The van der Waals surface area contributed by atoms with E-state index in [2.05, 4.69) is 0 Å². The maximum absolute atomic E-state index is 10.1. The number of para-hydroxylation sites is 1. The number of benzene rings is 1. The van der Waals surface area contributed by atoms with Crippen molar-refractivity contribution in [2.75, 3.05) is 6.61 Å². The minimum absolute atomic E-state index is 0.0366. The van der Waals surface area contributed by atoms with Crippen molar-refractivity contribution in [2.45, 2.75) is 26.2 Å². The molecule has 0 aliphatic carbocycles. The van der Waals surface area contributed by atoms with Gasteiger partial charge in [-0.1, -0.05) is 25.1 Å². The van der Waals surface area contributed by atoms with Crippen LogP contribution >= 0.6 is 0 Å². The largest absolute Gasteiger partial charge is 0.493 e. The molecule has 0 radical (unpaired) electrons. The fourth-order valence-corrected chi connectivity index (χ4v) is 0.987. The van der Waals surface area contributed by atoms with Crippen molar-refractivity contribution in [1.29, 1.82) is 0 Å². The van der Waals surface area contributed by atoms with Gasteiger partial charge in [0.05, 0.1) is 13.0 Å². The van der Waals surface area contributed by atoms with Gasteiger partial charge >= 0.3 is 11.9 Å². The number of hydrogen-bond acceptors (Lipinski definition) is 3. The van der Waals surface area contributed by atoms with Crippen LogP contribution in [0.15, 0.2) is 30.3 Å². The molecular weight excluding hydrogens is 236 g/mol. The monoisotopic (exact) mass is 254 g/mol. The molecule has 0 bridgehead atoms. The third-order valence-corrected chi connectivity index (χ3v) is 1.79. The number of carboxylic acid groups (broad SMARTS) is 2. The van der Waals surface area contributed by atoms with Crippen LogP contribution in [-0.2, 0) is 9.59 Å². The predicted molar refractivity (Wildman–Crippen MR) is 66.7 cm³/mol. The van der Waals surface area contributed by atoms with Crippen molar-refractivity contribution >= 4 is 11.9 Å². The van der Waals surface area contributed by atoms with Crippen molar-refractivity contribution < 1.29 is 24.5 Å². The SMILES string of the molecule is CCCC(=O)O.O=C(O)CCOc1ccccc1. The molecule has 0 saturated heterocycles. The zero-order valence-electron chi connectivity index (χ0n) is 10.3. The second-order valence-corrected chi connectivity index (χ2v) is 3.45. The van der Waals surface area contributed by atoms with Gasteiger partial charge in [0.1, 0.15) is 5.75 Å². The van der Waals surface area contributed by atoms with Crippen LogP contribution < -0.4 is 4.74 Å². The summed E-state index contributed by atoms with van der Waals surface area (Å²) in [4.78, 5) is 19.7. The normalized spacial score (nSPS) is 8.94. The van der Waals surface area contributed by atoms with Crippen LogP contribution in [-0.4, -0.2) is 28.8 Å². The lowest BCUT2D eigenvalue weighted by Gasteiger charge is -2.02. The van der Waals surface area contributed by atoms with E-state index >= 15 is 0 Å². The molecule has 0 spiro atoms. The van der Waals surface area contributed by atoms with Crippen molar-refractivity contribution in [3.8, 4) is 5.75 Å². The smallest absolute Gasteiger partial charge is 0.306 e. The van der Waals surface area contributed by atoms with Crippen LogP contribution in [0, 0.1) is 0 Å². The Labute approximate surface area is 106 Å². The molecule has 5 heteroatoms. The van der Waals surface area contributed by atoms with E-state index < -0.39 is 11.9 Å². The lowest BCUT2D eigenvalue weighted by Crippen LogP contribution is -2.04. The van der Waals surface area contributed by atoms with Gasteiger partial charge in [0.15, 0.2) is 0 Å². The summed E-state index contributed by atoms with van der Waals surface area (Å²) in [5.41, 5.74) is 0. The summed E-state index contributed by atoms with van der Waals surface area (Å²) in [5.74, 6) is -0.845. The fraction of sp³-hybridized carbons (Fsp3) is 0.385. The van der Waals surface area contributed by atoms with Crippen LogP contribution in [0.5, 0.6) is 5.75 Å². The summed E-state index contributed by atoms with van der Waals surface area (Å²) in [7, 11) is 0. The zero-order valence-corrected chi connectivity index (χ0v) is 10.3. The first kappa shape index (κ1) is 16.0. The van der Waals surface area contributed by atoms with Gasteiger partial charge in [-0.3, -0.25) is 9.59 Å². The second kappa shape index (κ2) is 10.1. The Kier molecular flexibility index (Phi) is 8.99. The molecule has 5 nitrogen and oxygen atoms in total. The highest BCUT2D eigenvalue weighted by molar-refractivity contribution is 5.66. The molecule has 0 aliphatic rings. The van der Waals surface area contributed by atoms with Gasteiger partial charge in [-0.15, -0.1) is 0 Å². The molecule has 0 aliphatic heterocycles. The summed E-state index contributed by atoms with van der Waals surface area (Å²) in [6.45, 7) is 2.06. The lowest BCUT2D eigenvalue weighted by molar-refractivity contribution is -0.138. The van der Waals surface area contributed by atoms with E-state index in [-0.39, 0.29) is 13.0 Å². The van der Waals surface area contributed by atoms with E-state index in [0.29, 0.717) is 12.2 Å². The highest BCUT2D eigenvalue weighted by atomic mass is 16.5. The van der Waals surface area contributed by atoms with E-state index in [0.717, 1.165) is 6.42 Å². The van der Waals surface area contributed by atoms with E-state index in [1.54, 1.807) is 12.1 Å². The summed E-state index contributed by atoms with van der Waals surface area (Å²) in [5, 5.41) is 16.2. The summed E-state index contributed by atoms with van der Waals surface area (Å²) in [6, 6.07) is 9.15. The highest BCUT2D eigenvalue weighted by Crippen LogP contribution is 2.07. The average Bonchev–Trinajstić information content (AvgIpc) is 2.30. The summed E-state index contributed by atoms with van der Waals surface area (Å²) in [6.07, 6.45) is 1.06. The molecule has 1 aromatic carbocycles. The zero-order chi connectivity index (χ0) is 13.8. The van der Waals surface area contributed by atoms with E-state index in [1.165, 1.54) is 0 Å². The Morgan fingerprint density at radius 1 is 1.06 bits per heavy atom. The van der Waals surface area contributed by atoms with Gasteiger partial charge in [0.2, 0.25) is 0 Å². The summed E-state index contributed by atoms with van der Waals surface area (Å²) < 4.78 is 5.14. The molecule has 1 rings (SSSR count). The number of ether oxygens (including phenoxy) is 1. The van der Waals surface area contributed by atoms with Crippen molar-refractivity contribution in [3.63, 3.8) is 0 Å². The average molecular weight is 254 g/mol. The third kappa shape index (κ3) is 10.5. The molecule has 0 unspecified atom stereocenters. The van der Waals surface area contributed by atoms with Crippen LogP contribution in [0.3, 0.4) is 0 Å². The van der Waals surface area contributed by atoms with Crippen LogP contribution in [0.4, 0.5) is 0 Å². The first-order chi connectivity index (χ1) is 8.56. The molecule has 0 heterocycles. The molecule has 0 fully saturated rings. The minimum Gasteiger partial charge on any atom is -0.493 e. The Morgan fingerprint density at radius 3 is 2.00 bits per heavy atom. The number of carbonyl (C=O) groups is 2. The molecule has 0 saturated carbocycles. The molecule has 18 heavy (non-hydrogen) atoms. The summed E-state index contributed by atoms with van der Waals surface area (Å²) >= 11 is 0. The maximum atomic E-state index is 10.1. The van der Waals surface area contributed by atoms with E-state index in [9.17, 15) is 9.59 Å². The Morgan fingerprint density at radius 2 is 1.61 bits per heavy atom.